The van der Waals surface area contributed by atoms with Crippen molar-refractivity contribution in [1.29, 1.82) is 10.5 Å². The quantitative estimate of drug-likeness (QED) is 0.471. The van der Waals surface area contributed by atoms with Crippen LogP contribution in [0, 0.1) is 29.6 Å². The van der Waals surface area contributed by atoms with Crippen molar-refractivity contribution < 1.29 is 0 Å². The van der Waals surface area contributed by atoms with Gasteiger partial charge in [-0.25, -0.2) is 15.0 Å². The molecule has 5 rings (SSSR count). The molecule has 0 aliphatic heterocycles. The number of nitrogens with zero attached hydrogens (tertiary/aromatic N) is 7. The van der Waals surface area contributed by atoms with E-state index in [1.165, 1.54) is 0 Å². The molecule has 3 aromatic heterocycles. The smallest absolute Gasteiger partial charge is 0.179 e. The number of nitriles is 2. The molecule has 8 nitrogen and oxygen atoms in total. The van der Waals surface area contributed by atoms with Gasteiger partial charge in [0.15, 0.2) is 17.0 Å². The third-order valence-corrected chi connectivity index (χ3v) is 5.52. The summed E-state index contributed by atoms with van der Waals surface area (Å²) >= 11 is 0. The van der Waals surface area contributed by atoms with E-state index in [1.807, 2.05) is 74.5 Å². The van der Waals surface area contributed by atoms with Crippen LogP contribution in [0.3, 0.4) is 0 Å². The minimum atomic E-state index is -0.0404. The zero-order chi connectivity index (χ0) is 22.4. The second kappa shape index (κ2) is 7.22. The molecule has 154 valence electrons. The lowest BCUT2D eigenvalue weighted by Crippen LogP contribution is -2.03. The minimum Gasteiger partial charge on any atom is -0.384 e. The average Bonchev–Trinajstić information content (AvgIpc) is 3.32. The highest BCUT2D eigenvalue weighted by molar-refractivity contribution is 6.00. The second-order valence-corrected chi connectivity index (χ2v) is 7.42. The Morgan fingerprint density at radius 2 is 1.62 bits per heavy atom. The molecule has 2 aromatic carbocycles. The number of fused-ring (bicyclic) bond motifs is 2. The summed E-state index contributed by atoms with van der Waals surface area (Å²) in [6.07, 6.45) is 0. The summed E-state index contributed by atoms with van der Waals surface area (Å²) in [6, 6.07) is 19.6. The molecule has 0 unspecified atom stereocenters. The Balaban J connectivity index is 1.94. The second-order valence-electron chi connectivity index (χ2n) is 7.42. The maximum atomic E-state index is 9.55. The van der Waals surface area contributed by atoms with Crippen molar-refractivity contribution in [2.24, 2.45) is 0 Å². The molecule has 32 heavy (non-hydrogen) atoms. The number of hydrogen-bond acceptors (Lipinski definition) is 6. The Bertz CT molecular complexity index is 1590. The van der Waals surface area contributed by atoms with Crippen molar-refractivity contribution in [2.45, 2.75) is 20.4 Å². The van der Waals surface area contributed by atoms with Crippen molar-refractivity contribution in [3.8, 4) is 29.2 Å². The van der Waals surface area contributed by atoms with Crippen LogP contribution in [0.2, 0.25) is 0 Å². The van der Waals surface area contributed by atoms with Gasteiger partial charge in [0.25, 0.3) is 0 Å². The van der Waals surface area contributed by atoms with E-state index in [1.54, 1.807) is 4.57 Å². The Morgan fingerprint density at radius 1 is 0.938 bits per heavy atom. The van der Waals surface area contributed by atoms with Crippen molar-refractivity contribution in [3.05, 3.63) is 65.5 Å². The van der Waals surface area contributed by atoms with Crippen molar-refractivity contribution in [3.63, 3.8) is 0 Å². The Morgan fingerprint density at radius 3 is 2.31 bits per heavy atom. The van der Waals surface area contributed by atoms with Gasteiger partial charge in [-0.05, 0) is 38.1 Å². The summed E-state index contributed by atoms with van der Waals surface area (Å²) in [5, 5.41) is 19.1. The van der Waals surface area contributed by atoms with Crippen LogP contribution in [0.25, 0.3) is 39.3 Å². The Kier molecular flexibility index (Phi) is 4.35. The zero-order valence-corrected chi connectivity index (χ0v) is 17.5. The molecule has 0 saturated carbocycles. The zero-order valence-electron chi connectivity index (χ0n) is 17.5. The number of imidazole rings is 1. The van der Waals surface area contributed by atoms with E-state index in [0.717, 1.165) is 22.3 Å². The molecular formula is C24H18N8. The minimum absolute atomic E-state index is 0.0403. The maximum absolute atomic E-state index is 9.55. The van der Waals surface area contributed by atoms with Gasteiger partial charge in [-0.15, -0.1) is 0 Å². The van der Waals surface area contributed by atoms with Gasteiger partial charge in [-0.2, -0.15) is 10.5 Å². The number of rotatable bonds is 3. The van der Waals surface area contributed by atoms with E-state index >= 15 is 0 Å². The van der Waals surface area contributed by atoms with Crippen molar-refractivity contribution in [2.75, 3.05) is 5.73 Å². The third-order valence-electron chi connectivity index (χ3n) is 5.52. The molecule has 0 amide bonds. The Labute approximate surface area is 183 Å². The monoisotopic (exact) mass is 418 g/mol. The number of para-hydroxylation sites is 2. The average molecular weight is 418 g/mol. The predicted molar refractivity (Wildman–Crippen MR) is 122 cm³/mol. The number of aryl methyl sites for hydroxylation is 2. The van der Waals surface area contributed by atoms with Crippen LogP contribution >= 0.6 is 0 Å². The molecule has 0 bridgehead atoms. The molecular weight excluding hydrogens is 400 g/mol. The Hall–Kier alpha value is -4.69. The van der Waals surface area contributed by atoms with Gasteiger partial charge in [-0.1, -0.05) is 29.8 Å². The molecule has 5 aromatic rings. The molecule has 0 fully saturated rings. The summed E-state index contributed by atoms with van der Waals surface area (Å²) in [5.74, 6) is 1.04. The summed E-state index contributed by atoms with van der Waals surface area (Å²) in [6.45, 7) is 4.71. The normalized spacial score (nSPS) is 11.0. The van der Waals surface area contributed by atoms with Crippen LogP contribution in [0.1, 0.15) is 23.9 Å². The van der Waals surface area contributed by atoms with Crippen LogP contribution in [0.4, 0.5) is 5.82 Å². The summed E-state index contributed by atoms with van der Waals surface area (Å²) < 4.78 is 3.82. The molecule has 3 heterocycles. The number of hydrogen-bond donors (Lipinski definition) is 1. The molecule has 0 aliphatic carbocycles. The van der Waals surface area contributed by atoms with Crippen molar-refractivity contribution >= 4 is 28.0 Å². The first-order valence-corrected chi connectivity index (χ1v) is 10.1. The third kappa shape index (κ3) is 2.71. The van der Waals surface area contributed by atoms with Crippen LogP contribution in [0.5, 0.6) is 0 Å². The fourth-order valence-corrected chi connectivity index (χ4v) is 4.02. The lowest BCUT2D eigenvalue weighted by molar-refractivity contribution is 0.797. The molecule has 0 spiro atoms. The highest BCUT2D eigenvalue weighted by Gasteiger charge is 2.26. The van der Waals surface area contributed by atoms with Gasteiger partial charge in [-0.3, -0.25) is 4.57 Å². The molecule has 0 radical (unpaired) electrons. The SMILES string of the molecule is CCn1c(-c2c(N)n(-c3ccc(C)cc3)c3nc(C#N)c(C#N)nc23)nc2ccccc21. The van der Waals surface area contributed by atoms with E-state index in [0.29, 0.717) is 34.9 Å². The van der Waals surface area contributed by atoms with E-state index in [4.69, 9.17) is 10.7 Å². The van der Waals surface area contributed by atoms with Gasteiger partial charge in [0.1, 0.15) is 29.3 Å². The van der Waals surface area contributed by atoms with Crippen LogP contribution in [0.15, 0.2) is 48.5 Å². The topological polar surface area (TPSA) is 122 Å². The van der Waals surface area contributed by atoms with Crippen LogP contribution in [-0.2, 0) is 6.54 Å². The van der Waals surface area contributed by atoms with E-state index < -0.39 is 0 Å². The fourth-order valence-electron chi connectivity index (χ4n) is 4.02. The largest absolute Gasteiger partial charge is 0.384 e. The first-order valence-electron chi connectivity index (χ1n) is 10.1. The summed E-state index contributed by atoms with van der Waals surface area (Å²) in [7, 11) is 0. The number of nitrogens with two attached hydrogens (primary N) is 1. The first-order chi connectivity index (χ1) is 15.6. The predicted octanol–water partition coefficient (Wildman–Crippen LogP) is 4.09. The van der Waals surface area contributed by atoms with Crippen LogP contribution in [-0.4, -0.2) is 24.1 Å². The van der Waals surface area contributed by atoms with Gasteiger partial charge >= 0.3 is 0 Å². The van der Waals surface area contributed by atoms with Crippen molar-refractivity contribution in [1.82, 2.24) is 24.1 Å². The van der Waals surface area contributed by atoms with Crippen LogP contribution < -0.4 is 5.73 Å². The van der Waals surface area contributed by atoms with Gasteiger partial charge < -0.3 is 10.3 Å². The van der Waals surface area contributed by atoms with E-state index in [-0.39, 0.29) is 11.4 Å². The van der Waals surface area contributed by atoms with E-state index in [2.05, 4.69) is 14.5 Å². The highest BCUT2D eigenvalue weighted by atomic mass is 15.2. The van der Waals surface area contributed by atoms with Gasteiger partial charge in [0, 0.05) is 12.2 Å². The number of benzene rings is 2. The van der Waals surface area contributed by atoms with Gasteiger partial charge in [0.05, 0.1) is 16.6 Å². The first kappa shape index (κ1) is 19.3. The highest BCUT2D eigenvalue weighted by Crippen LogP contribution is 2.38. The van der Waals surface area contributed by atoms with Gasteiger partial charge in [0.2, 0.25) is 0 Å². The number of nitrogen functional groups attached to an aromatic ring is 1. The molecule has 0 aliphatic rings. The fraction of sp³-hybridized carbons (Fsp3) is 0.125. The lowest BCUT2D eigenvalue weighted by Gasteiger charge is -2.09. The number of aromatic nitrogens is 5. The summed E-state index contributed by atoms with van der Waals surface area (Å²) in [4.78, 5) is 13.8. The molecule has 0 atom stereocenters. The standard InChI is InChI=1S/C24H18N8/c1-3-31-19-7-5-4-6-16(19)29-23(31)20-21-24(30-18(13-26)17(12-25)28-21)32(22(20)27)15-10-8-14(2)9-11-15/h4-11H,3,27H2,1-2H3. The summed E-state index contributed by atoms with van der Waals surface area (Å²) in [5.41, 5.74) is 11.8. The molecule has 0 saturated heterocycles. The van der Waals surface area contributed by atoms with E-state index in [9.17, 15) is 10.5 Å². The molecule has 8 heteroatoms. The lowest BCUT2D eigenvalue weighted by atomic mass is 10.2. The molecule has 2 N–H and O–H groups in total. The maximum Gasteiger partial charge on any atom is 0.179 e. The number of anilines is 1.